The predicted molar refractivity (Wildman–Crippen MR) is 68.0 cm³/mol. The van der Waals surface area contributed by atoms with Gasteiger partial charge in [0.05, 0.1) is 6.61 Å². The van der Waals surface area contributed by atoms with Gasteiger partial charge in [-0.1, -0.05) is 18.2 Å². The van der Waals surface area contributed by atoms with Crippen LogP contribution in [-0.2, 0) is 0 Å². The molecule has 20 heavy (non-hydrogen) atoms. The van der Waals surface area contributed by atoms with E-state index >= 15 is 0 Å². The second-order valence-corrected chi connectivity index (χ2v) is 4.17. The van der Waals surface area contributed by atoms with E-state index in [2.05, 4.69) is 0 Å². The first-order valence-electron chi connectivity index (χ1n) is 6.08. The first kappa shape index (κ1) is 14.4. The summed E-state index contributed by atoms with van der Waals surface area (Å²) in [6, 6.07) is 8.13. The summed E-state index contributed by atoms with van der Waals surface area (Å²) in [5, 5.41) is 10.2. The van der Waals surface area contributed by atoms with E-state index in [9.17, 15) is 18.3 Å². The van der Waals surface area contributed by atoms with Crippen LogP contribution in [0.5, 0.6) is 5.75 Å². The molecule has 5 heteroatoms. The normalized spacial score (nSPS) is 12.2. The van der Waals surface area contributed by atoms with Gasteiger partial charge in [-0.25, -0.2) is 13.2 Å². The lowest BCUT2D eigenvalue weighted by Crippen LogP contribution is -2.06. The molecule has 0 aliphatic heterocycles. The second-order valence-electron chi connectivity index (χ2n) is 4.17. The average molecular weight is 282 g/mol. The van der Waals surface area contributed by atoms with Crippen molar-refractivity contribution >= 4 is 0 Å². The van der Waals surface area contributed by atoms with Gasteiger partial charge in [-0.05, 0) is 30.7 Å². The molecule has 0 fully saturated rings. The van der Waals surface area contributed by atoms with Gasteiger partial charge in [0.1, 0.15) is 11.9 Å². The highest BCUT2D eigenvalue weighted by atomic mass is 19.2. The Balaban J connectivity index is 2.43. The summed E-state index contributed by atoms with van der Waals surface area (Å²) in [5.74, 6) is -3.83. The molecule has 0 saturated heterocycles. The smallest absolute Gasteiger partial charge is 0.194 e. The Morgan fingerprint density at radius 2 is 1.70 bits per heavy atom. The van der Waals surface area contributed by atoms with Crippen LogP contribution in [0.15, 0.2) is 36.4 Å². The van der Waals surface area contributed by atoms with Crippen molar-refractivity contribution in [2.45, 2.75) is 13.0 Å². The summed E-state index contributed by atoms with van der Waals surface area (Å²) in [6.07, 6.45) is -1.30. The first-order chi connectivity index (χ1) is 9.54. The molecule has 0 amide bonds. The van der Waals surface area contributed by atoms with Gasteiger partial charge in [-0.3, -0.25) is 0 Å². The van der Waals surface area contributed by atoms with Crippen LogP contribution >= 0.6 is 0 Å². The van der Waals surface area contributed by atoms with Gasteiger partial charge in [0.2, 0.25) is 0 Å². The monoisotopic (exact) mass is 282 g/mol. The van der Waals surface area contributed by atoms with Crippen LogP contribution in [-0.4, -0.2) is 11.7 Å². The van der Waals surface area contributed by atoms with Gasteiger partial charge < -0.3 is 9.84 Å². The van der Waals surface area contributed by atoms with Crippen molar-refractivity contribution in [3.05, 3.63) is 65.0 Å². The van der Waals surface area contributed by atoms with Gasteiger partial charge in [-0.2, -0.15) is 0 Å². The molecular formula is C15H13F3O2. The fraction of sp³-hybridized carbons (Fsp3) is 0.200. The Kier molecular flexibility index (Phi) is 4.29. The Morgan fingerprint density at radius 1 is 1.10 bits per heavy atom. The maximum Gasteiger partial charge on any atom is 0.194 e. The standard InChI is InChI=1S/C15H13F3O2/c1-2-20-13-6-4-3-5-10(13)15(19)9-7-11(16)14(18)12(17)8-9/h3-8,15,19H,2H2,1H3. The molecule has 2 aromatic rings. The van der Waals surface area contributed by atoms with Gasteiger partial charge in [0.25, 0.3) is 0 Å². The Morgan fingerprint density at radius 3 is 2.30 bits per heavy atom. The number of hydrogen-bond acceptors (Lipinski definition) is 2. The number of hydrogen-bond donors (Lipinski definition) is 1. The molecule has 0 radical (unpaired) electrons. The molecule has 1 atom stereocenters. The molecule has 0 heterocycles. The number of benzene rings is 2. The van der Waals surface area contributed by atoms with Crippen LogP contribution in [0, 0.1) is 17.5 Å². The highest BCUT2D eigenvalue weighted by molar-refractivity contribution is 5.40. The summed E-state index contributed by atoms with van der Waals surface area (Å²) in [6.45, 7) is 2.16. The topological polar surface area (TPSA) is 29.5 Å². The van der Waals surface area contributed by atoms with E-state index in [1.54, 1.807) is 31.2 Å². The minimum absolute atomic E-state index is 0.0754. The third-order valence-electron chi connectivity index (χ3n) is 2.84. The van der Waals surface area contributed by atoms with E-state index in [4.69, 9.17) is 4.74 Å². The molecule has 106 valence electrons. The number of aliphatic hydroxyl groups is 1. The summed E-state index contributed by atoms with van der Waals surface area (Å²) in [7, 11) is 0. The third-order valence-corrected chi connectivity index (χ3v) is 2.84. The maximum atomic E-state index is 13.2. The van der Waals surface area contributed by atoms with E-state index in [1.807, 2.05) is 0 Å². The SMILES string of the molecule is CCOc1ccccc1C(O)c1cc(F)c(F)c(F)c1. The van der Waals surface area contributed by atoms with E-state index < -0.39 is 23.6 Å². The zero-order chi connectivity index (χ0) is 14.7. The number of halogens is 3. The molecule has 0 aromatic heterocycles. The van der Waals surface area contributed by atoms with Crippen LogP contribution in [0.1, 0.15) is 24.2 Å². The van der Waals surface area contributed by atoms with Crippen molar-refractivity contribution in [2.75, 3.05) is 6.61 Å². The van der Waals surface area contributed by atoms with E-state index in [-0.39, 0.29) is 5.56 Å². The van der Waals surface area contributed by atoms with Crippen molar-refractivity contribution < 1.29 is 23.0 Å². The Labute approximate surface area is 114 Å². The van der Waals surface area contributed by atoms with Crippen molar-refractivity contribution in [1.29, 1.82) is 0 Å². The fourth-order valence-corrected chi connectivity index (χ4v) is 1.91. The molecule has 2 rings (SSSR count). The number of aliphatic hydroxyl groups excluding tert-OH is 1. The van der Waals surface area contributed by atoms with E-state index in [1.165, 1.54) is 0 Å². The van der Waals surface area contributed by atoms with Crippen molar-refractivity contribution in [2.24, 2.45) is 0 Å². The Bertz CT molecular complexity index is 591. The van der Waals surface area contributed by atoms with Gasteiger partial charge >= 0.3 is 0 Å². The molecule has 0 saturated carbocycles. The second kappa shape index (κ2) is 5.96. The van der Waals surface area contributed by atoms with Crippen LogP contribution in [0.3, 0.4) is 0 Å². The summed E-state index contributed by atoms with van der Waals surface area (Å²) in [4.78, 5) is 0. The van der Waals surface area contributed by atoms with E-state index in [0.717, 1.165) is 12.1 Å². The van der Waals surface area contributed by atoms with Crippen LogP contribution < -0.4 is 4.74 Å². The largest absolute Gasteiger partial charge is 0.493 e. The third kappa shape index (κ3) is 2.77. The molecule has 2 aromatic carbocycles. The van der Waals surface area contributed by atoms with Crippen LogP contribution in [0.2, 0.25) is 0 Å². The lowest BCUT2D eigenvalue weighted by molar-refractivity contribution is 0.210. The van der Waals surface area contributed by atoms with Crippen LogP contribution in [0.25, 0.3) is 0 Å². The molecule has 0 spiro atoms. The van der Waals surface area contributed by atoms with Gasteiger partial charge in [-0.15, -0.1) is 0 Å². The molecule has 1 N–H and O–H groups in total. The number of para-hydroxylation sites is 1. The van der Waals surface area contributed by atoms with Crippen molar-refractivity contribution in [3.63, 3.8) is 0 Å². The highest BCUT2D eigenvalue weighted by Crippen LogP contribution is 2.31. The molecule has 0 bridgehead atoms. The number of rotatable bonds is 4. The first-order valence-corrected chi connectivity index (χ1v) is 6.08. The Hall–Kier alpha value is -2.01. The predicted octanol–water partition coefficient (Wildman–Crippen LogP) is 3.58. The zero-order valence-corrected chi connectivity index (χ0v) is 10.7. The van der Waals surface area contributed by atoms with Crippen LogP contribution in [0.4, 0.5) is 13.2 Å². The lowest BCUT2D eigenvalue weighted by atomic mass is 10.0. The highest BCUT2D eigenvalue weighted by Gasteiger charge is 2.19. The quantitative estimate of drug-likeness (QED) is 0.868. The van der Waals surface area contributed by atoms with Crippen molar-refractivity contribution in [1.82, 2.24) is 0 Å². The van der Waals surface area contributed by atoms with Gasteiger partial charge in [0.15, 0.2) is 17.5 Å². The minimum Gasteiger partial charge on any atom is -0.493 e. The zero-order valence-electron chi connectivity index (χ0n) is 10.7. The minimum atomic E-state index is -1.56. The average Bonchev–Trinajstić information content (AvgIpc) is 2.44. The molecule has 1 unspecified atom stereocenters. The molecule has 0 aliphatic rings. The molecule has 0 aliphatic carbocycles. The molecular weight excluding hydrogens is 269 g/mol. The summed E-state index contributed by atoms with van der Waals surface area (Å²) >= 11 is 0. The van der Waals surface area contributed by atoms with Crippen molar-refractivity contribution in [3.8, 4) is 5.75 Å². The summed E-state index contributed by atoms with van der Waals surface area (Å²) < 4.78 is 44.7. The van der Waals surface area contributed by atoms with E-state index in [0.29, 0.717) is 17.9 Å². The lowest BCUT2D eigenvalue weighted by Gasteiger charge is -2.16. The maximum absolute atomic E-state index is 13.2. The van der Waals surface area contributed by atoms with Gasteiger partial charge in [0, 0.05) is 5.56 Å². The summed E-state index contributed by atoms with van der Waals surface area (Å²) in [5.41, 5.74) is 0.285. The molecule has 2 nitrogen and oxygen atoms in total. The number of ether oxygens (including phenoxy) is 1. The fourth-order valence-electron chi connectivity index (χ4n) is 1.91.